The van der Waals surface area contributed by atoms with Crippen LogP contribution >= 0.6 is 0 Å². The van der Waals surface area contributed by atoms with Crippen LogP contribution in [-0.2, 0) is 17.8 Å². The summed E-state index contributed by atoms with van der Waals surface area (Å²) in [6.07, 6.45) is 3.18. The van der Waals surface area contributed by atoms with Gasteiger partial charge in [-0.1, -0.05) is 33.3 Å². The molecule has 0 amide bonds. The molecular weight excluding hydrogens is 264 g/mol. The summed E-state index contributed by atoms with van der Waals surface area (Å²) in [6.45, 7) is 9.45. The Morgan fingerprint density at radius 1 is 1.29 bits per heavy atom. The number of pyridine rings is 1. The van der Waals surface area contributed by atoms with E-state index in [9.17, 15) is 4.79 Å². The molecule has 1 N–H and O–H groups in total. The second-order valence-electron chi connectivity index (χ2n) is 5.77. The highest BCUT2D eigenvalue weighted by Gasteiger charge is 2.11. The van der Waals surface area contributed by atoms with Crippen molar-refractivity contribution in [2.24, 2.45) is 0 Å². The maximum Gasteiger partial charge on any atom is 0.255 e. The highest BCUT2D eigenvalue weighted by Crippen LogP contribution is 2.13. The van der Waals surface area contributed by atoms with Gasteiger partial charge in [-0.05, 0) is 31.4 Å². The zero-order chi connectivity index (χ0) is 15.7. The molecule has 0 aromatic carbocycles. The van der Waals surface area contributed by atoms with E-state index in [0.29, 0.717) is 19.1 Å². The molecule has 1 aromatic rings. The van der Waals surface area contributed by atoms with Gasteiger partial charge in [0, 0.05) is 38.1 Å². The van der Waals surface area contributed by atoms with Crippen molar-refractivity contribution >= 4 is 0 Å². The first kappa shape index (κ1) is 17.9. The summed E-state index contributed by atoms with van der Waals surface area (Å²) in [5.41, 5.74) is 2.10. The SMILES string of the molecule is CCCCNCc1ccc(C(C)C)n(CCCOC)c1=O. The van der Waals surface area contributed by atoms with Crippen LogP contribution in [-0.4, -0.2) is 24.8 Å². The van der Waals surface area contributed by atoms with Crippen LogP contribution in [0.5, 0.6) is 0 Å². The second-order valence-corrected chi connectivity index (χ2v) is 5.77. The summed E-state index contributed by atoms with van der Waals surface area (Å²) in [7, 11) is 1.69. The third kappa shape index (κ3) is 5.64. The zero-order valence-corrected chi connectivity index (χ0v) is 13.9. The first-order valence-corrected chi connectivity index (χ1v) is 8.04. The zero-order valence-electron chi connectivity index (χ0n) is 13.9. The van der Waals surface area contributed by atoms with Crippen LogP contribution in [0.4, 0.5) is 0 Å². The average Bonchev–Trinajstić information content (AvgIpc) is 2.46. The molecule has 0 bridgehead atoms. The van der Waals surface area contributed by atoms with E-state index in [0.717, 1.165) is 37.2 Å². The minimum Gasteiger partial charge on any atom is -0.385 e. The molecule has 4 nitrogen and oxygen atoms in total. The van der Waals surface area contributed by atoms with Gasteiger partial charge in [0.2, 0.25) is 0 Å². The molecule has 0 saturated carbocycles. The number of unbranched alkanes of at least 4 members (excludes halogenated alkanes) is 1. The van der Waals surface area contributed by atoms with Crippen molar-refractivity contribution in [2.75, 3.05) is 20.3 Å². The van der Waals surface area contributed by atoms with Gasteiger partial charge in [0.1, 0.15) is 0 Å². The molecule has 1 aromatic heterocycles. The topological polar surface area (TPSA) is 43.3 Å². The molecule has 0 aliphatic rings. The molecule has 0 spiro atoms. The van der Waals surface area contributed by atoms with Gasteiger partial charge in [-0.3, -0.25) is 4.79 Å². The van der Waals surface area contributed by atoms with Crippen LogP contribution in [0.15, 0.2) is 16.9 Å². The third-order valence-electron chi connectivity index (χ3n) is 3.63. The summed E-state index contributed by atoms with van der Waals surface area (Å²) in [5.74, 6) is 0.349. The highest BCUT2D eigenvalue weighted by atomic mass is 16.5. The lowest BCUT2D eigenvalue weighted by atomic mass is 10.1. The molecule has 0 aliphatic heterocycles. The largest absolute Gasteiger partial charge is 0.385 e. The Bertz CT molecular complexity index is 466. The molecule has 120 valence electrons. The standard InChI is InChI=1S/C17H30N2O2/c1-5-6-10-18-13-15-8-9-16(14(2)3)19(17(15)20)11-7-12-21-4/h8-9,14,18H,5-7,10-13H2,1-4H3. The van der Waals surface area contributed by atoms with E-state index in [2.05, 4.69) is 32.2 Å². The van der Waals surface area contributed by atoms with Gasteiger partial charge < -0.3 is 14.6 Å². The monoisotopic (exact) mass is 294 g/mol. The summed E-state index contributed by atoms with van der Waals surface area (Å²) >= 11 is 0. The predicted molar refractivity (Wildman–Crippen MR) is 87.9 cm³/mol. The Morgan fingerprint density at radius 2 is 2.05 bits per heavy atom. The van der Waals surface area contributed by atoms with E-state index in [1.165, 1.54) is 6.42 Å². The Balaban J connectivity index is 2.86. The molecule has 4 heteroatoms. The quantitative estimate of drug-likeness (QED) is 0.675. The Morgan fingerprint density at radius 3 is 2.67 bits per heavy atom. The Hall–Kier alpha value is -1.13. The number of methoxy groups -OCH3 is 1. The molecule has 0 atom stereocenters. The normalized spacial score (nSPS) is 11.3. The van der Waals surface area contributed by atoms with Gasteiger partial charge >= 0.3 is 0 Å². The first-order valence-electron chi connectivity index (χ1n) is 8.04. The molecule has 0 radical (unpaired) electrons. The van der Waals surface area contributed by atoms with Gasteiger partial charge in [0.05, 0.1) is 0 Å². The molecule has 1 rings (SSSR count). The van der Waals surface area contributed by atoms with Crippen LogP contribution in [0.3, 0.4) is 0 Å². The molecule has 1 heterocycles. The maximum atomic E-state index is 12.6. The van der Waals surface area contributed by atoms with E-state index < -0.39 is 0 Å². The molecule has 21 heavy (non-hydrogen) atoms. The number of nitrogens with one attached hydrogen (secondary N) is 1. The van der Waals surface area contributed by atoms with E-state index in [-0.39, 0.29) is 5.56 Å². The second kappa shape index (κ2) is 9.74. The van der Waals surface area contributed by atoms with E-state index in [4.69, 9.17) is 4.74 Å². The van der Waals surface area contributed by atoms with Gasteiger partial charge in [0.15, 0.2) is 0 Å². The van der Waals surface area contributed by atoms with E-state index in [1.807, 2.05) is 10.6 Å². The fourth-order valence-corrected chi connectivity index (χ4v) is 2.40. The van der Waals surface area contributed by atoms with Crippen LogP contribution < -0.4 is 10.9 Å². The van der Waals surface area contributed by atoms with Gasteiger partial charge in [-0.25, -0.2) is 0 Å². The number of hydrogen-bond donors (Lipinski definition) is 1. The molecule has 0 fully saturated rings. The lowest BCUT2D eigenvalue weighted by Crippen LogP contribution is -2.30. The highest BCUT2D eigenvalue weighted by molar-refractivity contribution is 5.18. The van der Waals surface area contributed by atoms with E-state index in [1.54, 1.807) is 7.11 Å². The summed E-state index contributed by atoms with van der Waals surface area (Å²) in [6, 6.07) is 4.07. The maximum absolute atomic E-state index is 12.6. The number of rotatable bonds is 10. The minimum absolute atomic E-state index is 0.140. The van der Waals surface area contributed by atoms with Crippen molar-refractivity contribution < 1.29 is 4.74 Å². The number of hydrogen-bond acceptors (Lipinski definition) is 3. The van der Waals surface area contributed by atoms with Crippen LogP contribution in [0, 0.1) is 0 Å². The lowest BCUT2D eigenvalue weighted by Gasteiger charge is -2.17. The fourth-order valence-electron chi connectivity index (χ4n) is 2.40. The van der Waals surface area contributed by atoms with Crippen LogP contribution in [0.25, 0.3) is 0 Å². The summed E-state index contributed by atoms with van der Waals surface area (Å²) < 4.78 is 7.02. The van der Waals surface area contributed by atoms with Crippen LogP contribution in [0.1, 0.15) is 57.2 Å². The number of nitrogens with zero attached hydrogens (tertiary/aromatic N) is 1. The van der Waals surface area contributed by atoms with Crippen molar-refractivity contribution in [3.05, 3.63) is 33.7 Å². The Kier molecular flexibility index (Phi) is 8.31. The first-order chi connectivity index (χ1) is 10.1. The van der Waals surface area contributed by atoms with Crippen molar-refractivity contribution in [3.63, 3.8) is 0 Å². The molecule has 0 saturated heterocycles. The van der Waals surface area contributed by atoms with Gasteiger partial charge in [-0.2, -0.15) is 0 Å². The van der Waals surface area contributed by atoms with Crippen molar-refractivity contribution in [2.45, 2.75) is 59.0 Å². The summed E-state index contributed by atoms with van der Waals surface area (Å²) in [4.78, 5) is 12.6. The number of ether oxygens (including phenoxy) is 1. The summed E-state index contributed by atoms with van der Waals surface area (Å²) in [5, 5.41) is 3.35. The Labute approximate surface area is 128 Å². The predicted octanol–water partition coefficient (Wildman–Crippen LogP) is 2.90. The van der Waals surface area contributed by atoms with Crippen molar-refractivity contribution in [3.8, 4) is 0 Å². The van der Waals surface area contributed by atoms with Crippen molar-refractivity contribution in [1.29, 1.82) is 0 Å². The minimum atomic E-state index is 0.140. The number of aromatic nitrogens is 1. The molecule has 0 unspecified atom stereocenters. The van der Waals surface area contributed by atoms with E-state index >= 15 is 0 Å². The fraction of sp³-hybridized carbons (Fsp3) is 0.706. The average molecular weight is 294 g/mol. The lowest BCUT2D eigenvalue weighted by molar-refractivity contribution is 0.189. The third-order valence-corrected chi connectivity index (χ3v) is 3.63. The van der Waals surface area contributed by atoms with Crippen LogP contribution in [0.2, 0.25) is 0 Å². The van der Waals surface area contributed by atoms with Gasteiger partial charge in [-0.15, -0.1) is 0 Å². The molecular formula is C17H30N2O2. The smallest absolute Gasteiger partial charge is 0.255 e. The van der Waals surface area contributed by atoms with Gasteiger partial charge in [0.25, 0.3) is 5.56 Å². The molecule has 0 aliphatic carbocycles. The van der Waals surface area contributed by atoms with Crippen molar-refractivity contribution in [1.82, 2.24) is 9.88 Å².